The second-order valence-corrected chi connectivity index (χ2v) is 3.86. The van der Waals surface area contributed by atoms with Crippen molar-refractivity contribution in [3.05, 3.63) is 36.4 Å². The molecule has 94 valence electrons. The van der Waals surface area contributed by atoms with Gasteiger partial charge in [-0.05, 0) is 26.0 Å². The number of hydrogen-bond acceptors (Lipinski definition) is 3. The third-order valence-corrected chi connectivity index (χ3v) is 2.11. The SMILES string of the molecule is C=C(C)CNCCOc1ccccc1OCC. The van der Waals surface area contributed by atoms with E-state index in [9.17, 15) is 0 Å². The molecule has 0 aliphatic heterocycles. The lowest BCUT2D eigenvalue weighted by molar-refractivity contribution is 0.277. The van der Waals surface area contributed by atoms with Crippen LogP contribution in [-0.2, 0) is 0 Å². The number of para-hydroxylation sites is 2. The summed E-state index contributed by atoms with van der Waals surface area (Å²) in [5, 5.41) is 3.24. The van der Waals surface area contributed by atoms with Gasteiger partial charge in [-0.15, -0.1) is 0 Å². The first-order valence-electron chi connectivity index (χ1n) is 5.93. The van der Waals surface area contributed by atoms with Crippen LogP contribution in [0.5, 0.6) is 11.5 Å². The Morgan fingerprint density at radius 3 is 2.47 bits per heavy atom. The third kappa shape index (κ3) is 5.41. The lowest BCUT2D eigenvalue weighted by Gasteiger charge is -2.11. The van der Waals surface area contributed by atoms with Crippen molar-refractivity contribution in [3.8, 4) is 11.5 Å². The van der Waals surface area contributed by atoms with Gasteiger partial charge in [-0.25, -0.2) is 0 Å². The monoisotopic (exact) mass is 235 g/mol. The zero-order valence-corrected chi connectivity index (χ0v) is 10.7. The first-order chi connectivity index (χ1) is 8.24. The van der Waals surface area contributed by atoms with Crippen LogP contribution in [0.3, 0.4) is 0 Å². The summed E-state index contributed by atoms with van der Waals surface area (Å²) in [6.45, 7) is 10.7. The molecule has 0 atom stereocenters. The van der Waals surface area contributed by atoms with Crippen molar-refractivity contribution in [1.29, 1.82) is 0 Å². The molecular weight excluding hydrogens is 214 g/mol. The molecule has 0 amide bonds. The van der Waals surface area contributed by atoms with Gasteiger partial charge in [0.2, 0.25) is 0 Å². The second-order valence-electron chi connectivity index (χ2n) is 3.86. The molecule has 3 nitrogen and oxygen atoms in total. The molecule has 1 rings (SSSR count). The molecule has 1 aromatic carbocycles. The molecule has 0 aliphatic carbocycles. The molecule has 0 unspecified atom stereocenters. The molecule has 0 spiro atoms. The zero-order chi connectivity index (χ0) is 12.5. The highest BCUT2D eigenvalue weighted by atomic mass is 16.5. The average Bonchev–Trinajstić information content (AvgIpc) is 2.31. The quantitative estimate of drug-likeness (QED) is 0.555. The molecule has 0 heterocycles. The number of ether oxygens (including phenoxy) is 2. The van der Waals surface area contributed by atoms with E-state index >= 15 is 0 Å². The highest BCUT2D eigenvalue weighted by Gasteiger charge is 2.02. The van der Waals surface area contributed by atoms with E-state index in [-0.39, 0.29) is 0 Å². The molecule has 0 saturated carbocycles. The Hall–Kier alpha value is -1.48. The van der Waals surface area contributed by atoms with E-state index in [1.807, 2.05) is 38.1 Å². The van der Waals surface area contributed by atoms with Crippen molar-refractivity contribution in [2.75, 3.05) is 26.3 Å². The Morgan fingerprint density at radius 1 is 1.24 bits per heavy atom. The van der Waals surface area contributed by atoms with Gasteiger partial charge in [-0.2, -0.15) is 0 Å². The van der Waals surface area contributed by atoms with E-state index in [1.54, 1.807) is 0 Å². The summed E-state index contributed by atoms with van der Waals surface area (Å²) in [6, 6.07) is 7.72. The van der Waals surface area contributed by atoms with Crippen molar-refractivity contribution in [3.63, 3.8) is 0 Å². The number of hydrogen-bond donors (Lipinski definition) is 1. The second kappa shape index (κ2) is 7.74. The van der Waals surface area contributed by atoms with Crippen LogP contribution >= 0.6 is 0 Å². The molecular formula is C14H21NO2. The molecule has 0 fully saturated rings. The topological polar surface area (TPSA) is 30.5 Å². The van der Waals surface area contributed by atoms with Gasteiger partial charge in [0.15, 0.2) is 11.5 Å². The van der Waals surface area contributed by atoms with E-state index in [2.05, 4.69) is 11.9 Å². The fourth-order valence-electron chi connectivity index (χ4n) is 1.38. The van der Waals surface area contributed by atoms with Gasteiger partial charge >= 0.3 is 0 Å². The van der Waals surface area contributed by atoms with E-state index in [0.717, 1.165) is 30.2 Å². The lowest BCUT2D eigenvalue weighted by Crippen LogP contribution is -2.22. The number of benzene rings is 1. The highest BCUT2D eigenvalue weighted by Crippen LogP contribution is 2.25. The summed E-state index contributed by atoms with van der Waals surface area (Å²) in [7, 11) is 0. The summed E-state index contributed by atoms with van der Waals surface area (Å²) in [5.41, 5.74) is 1.12. The van der Waals surface area contributed by atoms with Crippen molar-refractivity contribution in [2.24, 2.45) is 0 Å². The van der Waals surface area contributed by atoms with E-state index in [1.165, 1.54) is 0 Å². The lowest BCUT2D eigenvalue weighted by atomic mass is 10.3. The molecule has 1 N–H and O–H groups in total. The summed E-state index contributed by atoms with van der Waals surface area (Å²) >= 11 is 0. The first kappa shape index (κ1) is 13.6. The Balaban J connectivity index is 2.33. The first-order valence-corrected chi connectivity index (χ1v) is 5.93. The van der Waals surface area contributed by atoms with Gasteiger partial charge in [0.1, 0.15) is 6.61 Å². The van der Waals surface area contributed by atoms with E-state index < -0.39 is 0 Å². The van der Waals surface area contributed by atoms with Gasteiger partial charge in [0, 0.05) is 13.1 Å². The predicted octanol–water partition coefficient (Wildman–Crippen LogP) is 2.63. The molecule has 1 aromatic rings. The molecule has 0 aromatic heterocycles. The zero-order valence-electron chi connectivity index (χ0n) is 10.7. The van der Waals surface area contributed by atoms with Gasteiger partial charge < -0.3 is 14.8 Å². The van der Waals surface area contributed by atoms with Crippen molar-refractivity contribution >= 4 is 0 Å². The van der Waals surface area contributed by atoms with E-state index in [4.69, 9.17) is 9.47 Å². The van der Waals surface area contributed by atoms with Crippen LogP contribution in [0.4, 0.5) is 0 Å². The minimum absolute atomic E-state index is 0.622. The summed E-state index contributed by atoms with van der Waals surface area (Å²) in [5.74, 6) is 1.60. The summed E-state index contributed by atoms with van der Waals surface area (Å²) in [4.78, 5) is 0. The molecule has 0 aliphatic rings. The summed E-state index contributed by atoms with van der Waals surface area (Å²) in [6.07, 6.45) is 0. The van der Waals surface area contributed by atoms with Crippen LogP contribution in [0.15, 0.2) is 36.4 Å². The van der Waals surface area contributed by atoms with E-state index in [0.29, 0.717) is 13.2 Å². The van der Waals surface area contributed by atoms with Crippen LogP contribution in [0, 0.1) is 0 Å². The van der Waals surface area contributed by atoms with Crippen LogP contribution in [0.2, 0.25) is 0 Å². The summed E-state index contributed by atoms with van der Waals surface area (Å²) < 4.78 is 11.1. The average molecular weight is 235 g/mol. The van der Waals surface area contributed by atoms with Crippen LogP contribution in [-0.4, -0.2) is 26.3 Å². The minimum atomic E-state index is 0.622. The largest absolute Gasteiger partial charge is 0.490 e. The predicted molar refractivity (Wildman–Crippen MR) is 70.8 cm³/mol. The van der Waals surface area contributed by atoms with Crippen molar-refractivity contribution in [1.82, 2.24) is 5.32 Å². The maximum absolute atomic E-state index is 5.65. The highest BCUT2D eigenvalue weighted by molar-refractivity contribution is 5.39. The van der Waals surface area contributed by atoms with Gasteiger partial charge in [0.05, 0.1) is 6.61 Å². The van der Waals surface area contributed by atoms with Gasteiger partial charge in [-0.1, -0.05) is 24.3 Å². The molecule has 0 bridgehead atoms. The van der Waals surface area contributed by atoms with Crippen LogP contribution in [0.1, 0.15) is 13.8 Å². The normalized spacial score (nSPS) is 10.0. The fourth-order valence-corrected chi connectivity index (χ4v) is 1.38. The van der Waals surface area contributed by atoms with Crippen LogP contribution in [0.25, 0.3) is 0 Å². The Labute approximate surface area is 103 Å². The Kier molecular flexibility index (Phi) is 6.18. The molecule has 17 heavy (non-hydrogen) atoms. The molecule has 3 heteroatoms. The molecule has 0 radical (unpaired) electrons. The Bertz CT molecular complexity index is 350. The number of rotatable bonds is 8. The van der Waals surface area contributed by atoms with Gasteiger partial charge in [-0.3, -0.25) is 0 Å². The minimum Gasteiger partial charge on any atom is -0.490 e. The van der Waals surface area contributed by atoms with Crippen LogP contribution < -0.4 is 14.8 Å². The third-order valence-electron chi connectivity index (χ3n) is 2.11. The fraction of sp³-hybridized carbons (Fsp3) is 0.429. The number of nitrogens with one attached hydrogen (secondary N) is 1. The smallest absolute Gasteiger partial charge is 0.161 e. The maximum atomic E-state index is 5.65. The van der Waals surface area contributed by atoms with Crippen molar-refractivity contribution in [2.45, 2.75) is 13.8 Å². The Morgan fingerprint density at radius 2 is 1.88 bits per heavy atom. The maximum Gasteiger partial charge on any atom is 0.161 e. The van der Waals surface area contributed by atoms with Crippen molar-refractivity contribution < 1.29 is 9.47 Å². The standard InChI is InChI=1S/C14H21NO2/c1-4-16-13-7-5-6-8-14(13)17-10-9-15-11-12(2)3/h5-8,15H,2,4,9-11H2,1,3H3. The molecule has 0 saturated heterocycles. The van der Waals surface area contributed by atoms with Gasteiger partial charge in [0.25, 0.3) is 0 Å².